The number of thioether (sulfide) groups is 1. The zero-order chi connectivity index (χ0) is 30.2. The Morgan fingerprint density at radius 2 is 1.59 bits per heavy atom. The van der Waals surface area contributed by atoms with E-state index in [0.29, 0.717) is 23.4 Å². The van der Waals surface area contributed by atoms with E-state index in [1.165, 1.54) is 49.7 Å². The maximum absolute atomic E-state index is 13.3. The van der Waals surface area contributed by atoms with E-state index in [9.17, 15) is 14.4 Å². The van der Waals surface area contributed by atoms with Crippen molar-refractivity contribution >= 4 is 34.9 Å². The topological polar surface area (TPSA) is 62.6 Å². The second-order valence-corrected chi connectivity index (χ2v) is 15.0. The van der Waals surface area contributed by atoms with Gasteiger partial charge in [-0.1, -0.05) is 36.4 Å². The van der Waals surface area contributed by atoms with Crippen molar-refractivity contribution in [3.8, 4) is 5.69 Å². The molecule has 9 rings (SSSR count). The molecule has 6 aliphatic rings. The number of fused-ring (bicyclic) bond motifs is 1. The molecule has 2 aromatic carbocycles. The van der Waals surface area contributed by atoms with Gasteiger partial charge in [-0.3, -0.25) is 19.3 Å². The number of hydrogen-bond donors (Lipinski definition) is 0. The molecule has 0 unspecified atom stereocenters. The molecule has 1 saturated heterocycles. The Labute approximate surface area is 263 Å². The Kier molecular flexibility index (Phi) is 6.67. The summed E-state index contributed by atoms with van der Waals surface area (Å²) in [6.07, 6.45) is 11.0. The number of carbonyl (C=O) groups is 3. The number of nitrogens with zero attached hydrogens (tertiary/aromatic N) is 3. The van der Waals surface area contributed by atoms with Crippen LogP contribution in [0.3, 0.4) is 0 Å². The van der Waals surface area contributed by atoms with Crippen LogP contribution in [-0.4, -0.2) is 44.5 Å². The van der Waals surface area contributed by atoms with E-state index < -0.39 is 5.91 Å². The van der Waals surface area contributed by atoms with Crippen LogP contribution in [0.2, 0.25) is 0 Å². The van der Waals surface area contributed by atoms with Gasteiger partial charge in [-0.25, -0.2) is 0 Å². The van der Waals surface area contributed by atoms with Crippen molar-refractivity contribution in [2.75, 3.05) is 13.1 Å². The fourth-order valence-corrected chi connectivity index (χ4v) is 10.3. The first-order valence-electron chi connectivity index (χ1n) is 16.2. The second kappa shape index (κ2) is 10.5. The lowest BCUT2D eigenvalue weighted by Gasteiger charge is -2.57. The molecule has 0 atom stereocenters. The molecule has 0 spiro atoms. The molecule has 7 heteroatoms. The van der Waals surface area contributed by atoms with Crippen LogP contribution in [0.5, 0.6) is 0 Å². The summed E-state index contributed by atoms with van der Waals surface area (Å²) in [6, 6.07) is 19.4. The van der Waals surface area contributed by atoms with Crippen molar-refractivity contribution in [1.29, 1.82) is 0 Å². The lowest BCUT2D eigenvalue weighted by molar-refractivity contribution is -0.136. The van der Waals surface area contributed by atoms with Crippen LogP contribution in [0.4, 0.5) is 4.79 Å². The summed E-state index contributed by atoms with van der Waals surface area (Å²) in [5.41, 5.74) is 8.41. The normalized spacial score (nSPS) is 28.3. The summed E-state index contributed by atoms with van der Waals surface area (Å²) in [5, 5.41) is -0.388. The molecule has 4 aliphatic carbocycles. The van der Waals surface area contributed by atoms with Crippen LogP contribution in [0, 0.1) is 31.6 Å². The summed E-state index contributed by atoms with van der Waals surface area (Å²) in [4.78, 5) is 42.6. The van der Waals surface area contributed by atoms with Crippen molar-refractivity contribution in [3.63, 3.8) is 0 Å². The Morgan fingerprint density at radius 3 is 2.27 bits per heavy atom. The molecule has 3 amide bonds. The van der Waals surface area contributed by atoms with Crippen LogP contribution in [0.15, 0.2) is 59.5 Å². The molecule has 2 aliphatic heterocycles. The SMILES string of the molecule is Cc1cc(/C=C2\SC(=O)N(CC(=O)N3CCc4ccccc4C3)C2=O)c(C)n1-c1ccc(C23CC4CC(CC(C4)C2)C3)cc1. The van der Waals surface area contributed by atoms with Gasteiger partial charge in [-0.15, -0.1) is 0 Å². The highest BCUT2D eigenvalue weighted by atomic mass is 32.2. The predicted octanol–water partition coefficient (Wildman–Crippen LogP) is 7.18. The van der Waals surface area contributed by atoms with E-state index in [1.807, 2.05) is 24.3 Å². The molecule has 4 bridgehead atoms. The van der Waals surface area contributed by atoms with E-state index in [2.05, 4.69) is 54.8 Å². The van der Waals surface area contributed by atoms with Gasteiger partial charge in [-0.2, -0.15) is 0 Å². The van der Waals surface area contributed by atoms with E-state index in [4.69, 9.17) is 0 Å². The maximum atomic E-state index is 13.3. The van der Waals surface area contributed by atoms with Crippen molar-refractivity contribution in [3.05, 3.63) is 93.1 Å². The highest BCUT2D eigenvalue weighted by Gasteiger charge is 2.51. The molecule has 6 nitrogen and oxygen atoms in total. The van der Waals surface area contributed by atoms with Gasteiger partial charge in [0.1, 0.15) is 6.54 Å². The van der Waals surface area contributed by atoms with Crippen molar-refractivity contribution < 1.29 is 14.4 Å². The van der Waals surface area contributed by atoms with Crippen LogP contribution < -0.4 is 0 Å². The van der Waals surface area contributed by atoms with Gasteiger partial charge in [-0.05, 0) is 140 Å². The summed E-state index contributed by atoms with van der Waals surface area (Å²) < 4.78 is 2.23. The number of carbonyl (C=O) groups excluding carboxylic acids is 3. The molecule has 4 saturated carbocycles. The van der Waals surface area contributed by atoms with Gasteiger partial charge in [0.2, 0.25) is 5.91 Å². The van der Waals surface area contributed by atoms with Gasteiger partial charge >= 0.3 is 0 Å². The highest BCUT2D eigenvalue weighted by molar-refractivity contribution is 8.18. The standard InChI is InChI=1S/C37H39N3O3S/c1-23-13-30(17-33-35(42)39(36(43)44-33)22-34(41)38-12-11-28-5-3-4-6-29(28)21-38)24(2)40(23)32-9-7-31(8-10-32)37-18-25-14-26(19-37)16-27(15-25)20-37/h3-10,13,17,25-27H,11-12,14-16,18-22H2,1-2H3/b33-17-. The summed E-state index contributed by atoms with van der Waals surface area (Å²) in [6.45, 7) is 5.03. The number of benzene rings is 2. The molecule has 0 N–H and O–H groups in total. The lowest BCUT2D eigenvalue weighted by Crippen LogP contribution is -2.48. The fraction of sp³-hybridized carbons (Fsp3) is 0.432. The van der Waals surface area contributed by atoms with E-state index in [0.717, 1.165) is 69.0 Å². The van der Waals surface area contributed by atoms with Gasteiger partial charge < -0.3 is 9.47 Å². The Hall–Kier alpha value is -3.58. The molecular formula is C37H39N3O3S. The van der Waals surface area contributed by atoms with Crippen LogP contribution in [0.1, 0.15) is 72.2 Å². The summed E-state index contributed by atoms with van der Waals surface area (Å²) in [7, 11) is 0. The van der Waals surface area contributed by atoms with Gasteiger partial charge in [0, 0.05) is 30.2 Å². The maximum Gasteiger partial charge on any atom is 0.294 e. The first kappa shape index (κ1) is 27.9. The Balaban J connectivity index is 0.986. The first-order valence-corrected chi connectivity index (χ1v) is 17.0. The number of rotatable bonds is 5. The third kappa shape index (κ3) is 4.66. The van der Waals surface area contributed by atoms with Gasteiger partial charge in [0.25, 0.3) is 11.1 Å². The van der Waals surface area contributed by atoms with Crippen molar-refractivity contribution in [2.45, 2.75) is 70.8 Å². The largest absolute Gasteiger partial charge is 0.336 e. The molecule has 44 heavy (non-hydrogen) atoms. The monoisotopic (exact) mass is 605 g/mol. The molecule has 0 radical (unpaired) electrons. The van der Waals surface area contributed by atoms with Crippen molar-refractivity contribution in [2.24, 2.45) is 17.8 Å². The number of aromatic nitrogens is 1. The third-order valence-corrected chi connectivity index (χ3v) is 12.1. The van der Waals surface area contributed by atoms with E-state index in [-0.39, 0.29) is 17.7 Å². The van der Waals surface area contributed by atoms with E-state index in [1.54, 1.807) is 4.90 Å². The molecule has 3 heterocycles. The molecular weight excluding hydrogens is 566 g/mol. The summed E-state index contributed by atoms with van der Waals surface area (Å²) in [5.74, 6) is 2.17. The zero-order valence-electron chi connectivity index (χ0n) is 25.6. The quantitative estimate of drug-likeness (QED) is 0.289. The van der Waals surface area contributed by atoms with E-state index >= 15 is 0 Å². The summed E-state index contributed by atoms with van der Waals surface area (Å²) >= 11 is 0.921. The van der Waals surface area contributed by atoms with Crippen LogP contribution in [-0.2, 0) is 28.0 Å². The number of hydrogen-bond acceptors (Lipinski definition) is 4. The third-order valence-electron chi connectivity index (χ3n) is 11.2. The van der Waals surface area contributed by atoms with Crippen LogP contribution >= 0.6 is 11.8 Å². The average Bonchev–Trinajstić information content (AvgIpc) is 3.44. The average molecular weight is 606 g/mol. The number of amides is 3. The smallest absolute Gasteiger partial charge is 0.294 e. The lowest BCUT2D eigenvalue weighted by atomic mass is 9.48. The molecule has 3 aromatic rings. The number of imide groups is 1. The minimum absolute atomic E-state index is 0.196. The zero-order valence-corrected chi connectivity index (χ0v) is 26.4. The molecule has 226 valence electrons. The van der Waals surface area contributed by atoms with Crippen molar-refractivity contribution in [1.82, 2.24) is 14.4 Å². The minimum Gasteiger partial charge on any atom is -0.336 e. The Morgan fingerprint density at radius 1 is 0.932 bits per heavy atom. The number of aryl methyl sites for hydroxylation is 1. The fourth-order valence-electron chi connectivity index (χ4n) is 9.48. The van der Waals surface area contributed by atoms with Gasteiger partial charge in [0.15, 0.2) is 0 Å². The second-order valence-electron chi connectivity index (χ2n) is 14.0. The first-order chi connectivity index (χ1) is 21.3. The van der Waals surface area contributed by atoms with Gasteiger partial charge in [0.05, 0.1) is 4.91 Å². The predicted molar refractivity (Wildman–Crippen MR) is 173 cm³/mol. The Bertz CT molecular complexity index is 1680. The molecule has 5 fully saturated rings. The molecule has 1 aromatic heterocycles. The highest BCUT2D eigenvalue weighted by Crippen LogP contribution is 2.60. The minimum atomic E-state index is -0.393. The van der Waals surface area contributed by atoms with Crippen LogP contribution in [0.25, 0.3) is 11.8 Å².